The maximum absolute atomic E-state index is 13.6. The number of fused-ring (bicyclic) bond motifs is 3. The van der Waals surface area contributed by atoms with Crippen LogP contribution in [0.5, 0.6) is 0 Å². The summed E-state index contributed by atoms with van der Waals surface area (Å²) >= 11 is 0. The number of carbonyl (C=O) groups is 2. The minimum Gasteiger partial charge on any atom is 0 e. The second kappa shape index (κ2) is 29.4. The van der Waals surface area contributed by atoms with E-state index in [0.29, 0.717) is 32.4 Å². The van der Waals surface area contributed by atoms with Crippen LogP contribution < -0.4 is 0 Å². The molecule has 2 radical (unpaired) electrons. The van der Waals surface area contributed by atoms with E-state index in [1.165, 1.54) is 5.56 Å². The van der Waals surface area contributed by atoms with E-state index in [4.69, 9.17) is 43.5 Å². The largest absolute Gasteiger partial charge is 0 e. The molecule has 0 aromatic carbocycles. The van der Waals surface area contributed by atoms with E-state index < -0.39 is 5.60 Å². The van der Waals surface area contributed by atoms with Crippen LogP contribution in [0.4, 0.5) is 4.79 Å². The Labute approximate surface area is 309 Å². The van der Waals surface area contributed by atoms with Gasteiger partial charge in [0.25, 0.3) is 0 Å². The van der Waals surface area contributed by atoms with Crippen molar-refractivity contribution in [3.63, 3.8) is 0 Å². The molecule has 3 aliphatic rings. The third-order valence-corrected chi connectivity index (χ3v) is 7.63. The fraction of sp³-hybridized carbons (Fsp3) is 0.486. The van der Waals surface area contributed by atoms with Gasteiger partial charge in [0.1, 0.15) is 17.1 Å². The van der Waals surface area contributed by atoms with Crippen LogP contribution in [0.1, 0.15) is 88.3 Å². The molecular formula is C35H38Co2N2O10. The van der Waals surface area contributed by atoms with E-state index in [2.05, 4.69) is 65.0 Å². The molecule has 2 saturated heterocycles. The zero-order chi connectivity index (χ0) is 37.4. The number of terminal acetylenes is 1. The van der Waals surface area contributed by atoms with Crippen LogP contribution >= 0.6 is 0 Å². The number of piperidine rings is 1. The fourth-order valence-electron chi connectivity index (χ4n) is 6.33. The van der Waals surface area contributed by atoms with E-state index in [9.17, 15) is 9.59 Å². The molecule has 4 atom stereocenters. The maximum atomic E-state index is 13.6. The monoisotopic (exact) mass is 764 g/mol. The number of carbonyl (C=O) groups excluding carboxylic acids is 2. The van der Waals surface area contributed by atoms with Crippen molar-refractivity contribution in [2.45, 2.75) is 89.3 Å². The van der Waals surface area contributed by atoms with Gasteiger partial charge in [-0.3, -0.25) is 4.79 Å². The van der Waals surface area contributed by atoms with Crippen molar-refractivity contribution >= 4 is 12.0 Å². The average Bonchev–Trinajstić information content (AvgIpc) is 3.73. The van der Waals surface area contributed by atoms with Gasteiger partial charge < -0.3 is 19.0 Å². The van der Waals surface area contributed by atoms with Crippen LogP contribution in [-0.2, 0) is 77.4 Å². The minimum atomic E-state index is -0.565. The van der Waals surface area contributed by atoms with Crippen molar-refractivity contribution < 1.29 is 80.2 Å². The van der Waals surface area contributed by atoms with Gasteiger partial charge in [-0.2, -0.15) is 0 Å². The summed E-state index contributed by atoms with van der Waals surface area (Å²) in [7, 11) is 0. The SMILES string of the molecule is C#CCCc1cc2c(o1)[C@@H]1N(C(=O)CCCC=C)[C@@H](C=C)C[C@@]13CN(C(=O)OC(C)(C)C)CC[C@@H]23.[C-]#[O+].[C-]#[O+].[C-]#[O+].[C-]#[O+].[C-]#[O+].[C-]#[O+].[Co].[Co]. The van der Waals surface area contributed by atoms with E-state index in [-0.39, 0.29) is 69.0 Å². The molecule has 0 saturated carbocycles. The Morgan fingerprint density at radius 1 is 1.06 bits per heavy atom. The summed E-state index contributed by atoms with van der Waals surface area (Å²) in [4.78, 5) is 30.4. The van der Waals surface area contributed by atoms with Gasteiger partial charge in [0.05, 0.1) is 12.1 Å². The van der Waals surface area contributed by atoms with Gasteiger partial charge in [-0.05, 0) is 64.0 Å². The molecule has 1 spiro atoms. The molecule has 49 heavy (non-hydrogen) atoms. The molecule has 1 aliphatic carbocycles. The first-order chi connectivity index (χ1) is 22.6. The summed E-state index contributed by atoms with van der Waals surface area (Å²) in [6.07, 6.45) is 13.8. The number of hydrogen-bond donors (Lipinski definition) is 0. The number of ether oxygens (including phenoxy) is 1. The molecule has 4 rings (SSSR count). The van der Waals surface area contributed by atoms with E-state index >= 15 is 0 Å². The fourth-order valence-corrected chi connectivity index (χ4v) is 6.33. The molecule has 3 heterocycles. The Morgan fingerprint density at radius 2 is 1.61 bits per heavy atom. The number of allylic oxidation sites excluding steroid dienone is 1. The van der Waals surface area contributed by atoms with Gasteiger partial charge >= 0.3 is 73.9 Å². The van der Waals surface area contributed by atoms with E-state index in [1.807, 2.05) is 42.7 Å². The smallest absolute Gasteiger partial charge is 0 e. The molecule has 2 fully saturated rings. The number of likely N-dealkylation sites (tertiary alicyclic amines) is 2. The van der Waals surface area contributed by atoms with Crippen LogP contribution in [0.25, 0.3) is 0 Å². The normalized spacial score (nSPS) is 19.5. The summed E-state index contributed by atoms with van der Waals surface area (Å²) in [5.74, 6) is 4.73. The van der Waals surface area contributed by atoms with Crippen molar-refractivity contribution in [3.8, 4) is 12.3 Å². The van der Waals surface area contributed by atoms with Crippen LogP contribution in [0.3, 0.4) is 0 Å². The van der Waals surface area contributed by atoms with Crippen molar-refractivity contribution in [1.82, 2.24) is 9.80 Å². The van der Waals surface area contributed by atoms with Crippen molar-refractivity contribution in [2.24, 2.45) is 5.41 Å². The summed E-state index contributed by atoms with van der Waals surface area (Å²) < 4.78 is 57.1. The number of amides is 2. The summed E-state index contributed by atoms with van der Waals surface area (Å²) in [5, 5.41) is 0. The van der Waals surface area contributed by atoms with Crippen molar-refractivity contribution in [1.29, 1.82) is 0 Å². The van der Waals surface area contributed by atoms with Gasteiger partial charge in [-0.1, -0.05) is 12.2 Å². The molecule has 12 nitrogen and oxygen atoms in total. The zero-order valence-electron chi connectivity index (χ0n) is 27.5. The second-order valence-electron chi connectivity index (χ2n) is 11.1. The van der Waals surface area contributed by atoms with Crippen LogP contribution in [0, 0.1) is 57.7 Å². The molecule has 1 aromatic heterocycles. The molecule has 0 bridgehead atoms. The van der Waals surface area contributed by atoms with Gasteiger partial charge in [0.15, 0.2) is 0 Å². The third kappa shape index (κ3) is 14.1. The minimum absolute atomic E-state index is 0. The van der Waals surface area contributed by atoms with Gasteiger partial charge in [0, 0.05) is 71.3 Å². The predicted molar refractivity (Wildman–Crippen MR) is 159 cm³/mol. The quantitative estimate of drug-likeness (QED) is 0.117. The molecule has 14 heteroatoms. The Bertz CT molecular complexity index is 1280. The molecular weight excluding hydrogens is 726 g/mol. The Balaban J connectivity index is -0.000000417. The number of unbranched alkanes of at least 4 members (excludes halogenated alkanes) is 1. The Hall–Kier alpha value is -3.49. The standard InChI is InChI=1S/C29H38N2O4.6CO.2Co/c1-7-10-12-14-24(32)31-20(9-3)18-29-19-30(27(33)35-28(4,5)6)16-15-23(29)22-17-21(13-11-8-2)34-25(22)26(29)31;6*1-2;;/h2,7,9,17,20,23,26H,1,3,10-16,18-19H2,4-6H3;;;;;;;;/t20-,23-,26-,29-;;;;;;;;/m0......../s1. The molecule has 1 aromatic rings. The van der Waals surface area contributed by atoms with Crippen molar-refractivity contribution in [2.75, 3.05) is 13.1 Å². The molecule has 0 N–H and O–H groups in total. The molecule has 2 amide bonds. The first kappa shape index (κ1) is 54.9. The van der Waals surface area contributed by atoms with E-state index in [0.717, 1.165) is 37.2 Å². The second-order valence-corrected chi connectivity index (χ2v) is 11.1. The van der Waals surface area contributed by atoms with Gasteiger partial charge in [0.2, 0.25) is 5.91 Å². The van der Waals surface area contributed by atoms with Gasteiger partial charge in [-0.25, -0.2) is 4.79 Å². The number of furan rings is 1. The summed E-state index contributed by atoms with van der Waals surface area (Å²) in [5.41, 5.74) is 0.295. The number of hydrogen-bond acceptors (Lipinski definition) is 4. The Kier molecular flexibility index (Phi) is 33.0. The number of nitrogens with zero attached hydrogens (tertiary/aromatic N) is 2. The molecule has 0 unspecified atom stereocenters. The average molecular weight is 765 g/mol. The third-order valence-electron chi connectivity index (χ3n) is 7.63. The topological polar surface area (TPSA) is 182 Å². The zero-order valence-corrected chi connectivity index (χ0v) is 29.5. The summed E-state index contributed by atoms with van der Waals surface area (Å²) in [6, 6.07) is 1.81. The predicted octanol–water partition coefficient (Wildman–Crippen LogP) is 5.52. The maximum Gasteiger partial charge on any atom is 0 e. The molecule has 266 valence electrons. The van der Waals surface area contributed by atoms with Gasteiger partial charge in [-0.15, -0.1) is 25.5 Å². The first-order valence-electron chi connectivity index (χ1n) is 14.0. The first-order valence-corrected chi connectivity index (χ1v) is 14.0. The number of aryl methyl sites for hydroxylation is 1. The number of rotatable bonds is 7. The van der Waals surface area contributed by atoms with Crippen LogP contribution in [0.15, 0.2) is 35.8 Å². The summed E-state index contributed by atoms with van der Waals surface area (Å²) in [6.45, 7) is 41.6. The van der Waals surface area contributed by atoms with Crippen LogP contribution in [0.2, 0.25) is 0 Å². The van der Waals surface area contributed by atoms with E-state index in [1.54, 1.807) is 0 Å². The van der Waals surface area contributed by atoms with Crippen LogP contribution in [-0.4, -0.2) is 46.5 Å². The van der Waals surface area contributed by atoms with Crippen molar-refractivity contribution in [3.05, 3.63) is 88.4 Å². The Morgan fingerprint density at radius 3 is 2.08 bits per heavy atom. The molecule has 2 aliphatic heterocycles.